The van der Waals surface area contributed by atoms with Crippen molar-refractivity contribution >= 4 is 5.69 Å². The van der Waals surface area contributed by atoms with Crippen molar-refractivity contribution in [1.82, 2.24) is 14.5 Å². The molecule has 5 rings (SSSR count). The van der Waals surface area contributed by atoms with E-state index in [9.17, 15) is 4.79 Å². The summed E-state index contributed by atoms with van der Waals surface area (Å²) in [6, 6.07) is 18.6. The van der Waals surface area contributed by atoms with E-state index in [0.29, 0.717) is 11.8 Å². The van der Waals surface area contributed by atoms with Crippen LogP contribution in [0.2, 0.25) is 0 Å². The Labute approximate surface area is 177 Å². The van der Waals surface area contributed by atoms with Crippen LogP contribution in [0.25, 0.3) is 11.1 Å². The zero-order valence-electron chi connectivity index (χ0n) is 17.7. The Morgan fingerprint density at radius 3 is 2.57 bits per heavy atom. The molecule has 2 aromatic heterocycles. The van der Waals surface area contributed by atoms with E-state index in [-0.39, 0.29) is 5.56 Å². The number of fused-ring (bicyclic) bond motifs is 4. The highest BCUT2D eigenvalue weighted by atomic mass is 16.1. The van der Waals surface area contributed by atoms with Gasteiger partial charge in [-0.2, -0.15) is 0 Å². The smallest absolute Gasteiger partial charge is 0.258 e. The van der Waals surface area contributed by atoms with E-state index in [4.69, 9.17) is 0 Å². The van der Waals surface area contributed by atoms with E-state index < -0.39 is 0 Å². The Morgan fingerprint density at radius 2 is 1.83 bits per heavy atom. The maximum atomic E-state index is 13.4. The zero-order valence-corrected chi connectivity index (χ0v) is 17.7. The molecule has 154 valence electrons. The van der Waals surface area contributed by atoms with Gasteiger partial charge in [-0.25, -0.2) is 0 Å². The second-order valence-electron chi connectivity index (χ2n) is 8.84. The van der Waals surface area contributed by atoms with Crippen LogP contribution < -0.4 is 10.5 Å². The van der Waals surface area contributed by atoms with Crippen LogP contribution in [0.15, 0.2) is 65.6 Å². The average molecular weight is 401 g/mol. The highest BCUT2D eigenvalue weighted by molar-refractivity contribution is 5.65. The summed E-state index contributed by atoms with van der Waals surface area (Å²) in [4.78, 5) is 22.4. The number of likely N-dealkylation sites (tertiary alicyclic amines) is 1. The molecule has 4 heterocycles. The van der Waals surface area contributed by atoms with Crippen LogP contribution in [0.5, 0.6) is 0 Å². The van der Waals surface area contributed by atoms with Crippen molar-refractivity contribution in [3.8, 4) is 11.1 Å². The Morgan fingerprint density at radius 1 is 1.00 bits per heavy atom. The lowest BCUT2D eigenvalue weighted by atomic mass is 9.82. The molecular weight excluding hydrogens is 372 g/mol. The number of hydrogen-bond donors (Lipinski definition) is 0. The third kappa shape index (κ3) is 3.54. The fourth-order valence-corrected chi connectivity index (χ4v) is 5.05. The molecule has 1 aromatic carbocycles. The molecule has 30 heavy (non-hydrogen) atoms. The van der Waals surface area contributed by atoms with Gasteiger partial charge in [-0.15, -0.1) is 0 Å². The third-order valence-electron chi connectivity index (χ3n) is 6.49. The first-order valence-corrected chi connectivity index (χ1v) is 10.7. The van der Waals surface area contributed by atoms with Gasteiger partial charge in [0.2, 0.25) is 0 Å². The molecule has 0 spiro atoms. The van der Waals surface area contributed by atoms with Gasteiger partial charge in [0, 0.05) is 69.3 Å². The van der Waals surface area contributed by atoms with Crippen LogP contribution in [0.3, 0.4) is 0 Å². The van der Waals surface area contributed by atoms with E-state index in [1.54, 1.807) is 0 Å². The predicted octanol–water partition coefficient (Wildman–Crippen LogP) is 3.60. The molecule has 0 N–H and O–H groups in total. The lowest BCUT2D eigenvalue weighted by Gasteiger charge is -2.42. The minimum Gasteiger partial charge on any atom is -0.378 e. The summed E-state index contributed by atoms with van der Waals surface area (Å²) in [6.45, 7) is 3.71. The van der Waals surface area contributed by atoms with E-state index in [1.807, 2.05) is 37.0 Å². The minimum absolute atomic E-state index is 0.151. The molecule has 0 radical (unpaired) electrons. The van der Waals surface area contributed by atoms with Gasteiger partial charge in [0.25, 0.3) is 5.56 Å². The number of anilines is 1. The highest BCUT2D eigenvalue weighted by Crippen LogP contribution is 2.36. The molecule has 0 unspecified atom stereocenters. The van der Waals surface area contributed by atoms with E-state index in [0.717, 1.165) is 48.7 Å². The fourth-order valence-electron chi connectivity index (χ4n) is 5.05. The first-order chi connectivity index (χ1) is 14.6. The Hall–Kier alpha value is -2.92. The van der Waals surface area contributed by atoms with Crippen molar-refractivity contribution in [2.45, 2.75) is 25.4 Å². The normalized spacial score (nSPS) is 20.6. The summed E-state index contributed by atoms with van der Waals surface area (Å²) in [5.41, 5.74) is 5.39. The molecule has 1 fully saturated rings. The van der Waals surface area contributed by atoms with Crippen molar-refractivity contribution in [2.24, 2.45) is 5.92 Å². The Balaban J connectivity index is 1.41. The van der Waals surface area contributed by atoms with Crippen molar-refractivity contribution in [3.63, 3.8) is 0 Å². The van der Waals surface area contributed by atoms with E-state index >= 15 is 0 Å². The summed E-state index contributed by atoms with van der Waals surface area (Å²) < 4.78 is 2.05. The molecule has 0 saturated carbocycles. The van der Waals surface area contributed by atoms with Gasteiger partial charge in [0.1, 0.15) is 0 Å². The molecule has 2 aliphatic heterocycles. The van der Waals surface area contributed by atoms with Crippen molar-refractivity contribution < 1.29 is 0 Å². The second-order valence-corrected chi connectivity index (χ2v) is 8.84. The van der Waals surface area contributed by atoms with Crippen molar-refractivity contribution in [3.05, 3.63) is 82.5 Å². The standard InChI is InChI=1S/C25H28N4O/c1-27(2)22-8-6-19(7-9-22)23-10-11-24-20-13-18(15-29(24)25(23)30)14-28(16-20)17-21-5-3-4-12-26-21/h3-12,18,20H,13-17H2,1-2H3/t18-,20+/m0/s1. The number of benzene rings is 1. The van der Waals surface area contributed by atoms with Gasteiger partial charge in [-0.3, -0.25) is 14.7 Å². The lowest BCUT2D eigenvalue weighted by Crippen LogP contribution is -2.47. The van der Waals surface area contributed by atoms with Gasteiger partial charge in [0.15, 0.2) is 0 Å². The first-order valence-electron chi connectivity index (χ1n) is 10.7. The molecule has 2 aliphatic rings. The molecule has 2 bridgehead atoms. The molecule has 5 heteroatoms. The summed E-state index contributed by atoms with van der Waals surface area (Å²) in [7, 11) is 4.05. The fraction of sp³-hybridized carbons (Fsp3) is 0.360. The monoisotopic (exact) mass is 400 g/mol. The number of piperidine rings is 1. The highest BCUT2D eigenvalue weighted by Gasteiger charge is 2.35. The Bertz CT molecular complexity index is 1090. The first kappa shape index (κ1) is 19.1. The largest absolute Gasteiger partial charge is 0.378 e. The van der Waals surface area contributed by atoms with Gasteiger partial charge in [0.05, 0.1) is 5.69 Å². The average Bonchev–Trinajstić information content (AvgIpc) is 2.75. The minimum atomic E-state index is 0.151. The number of nitrogens with zero attached hydrogens (tertiary/aromatic N) is 4. The van der Waals surface area contributed by atoms with Crippen LogP contribution in [-0.4, -0.2) is 41.6 Å². The van der Waals surface area contributed by atoms with Crippen LogP contribution in [0.4, 0.5) is 5.69 Å². The van der Waals surface area contributed by atoms with E-state index in [1.165, 1.54) is 12.1 Å². The van der Waals surface area contributed by atoms with Crippen LogP contribution in [-0.2, 0) is 13.1 Å². The summed E-state index contributed by atoms with van der Waals surface area (Å²) in [6.07, 6.45) is 3.04. The molecule has 5 nitrogen and oxygen atoms in total. The topological polar surface area (TPSA) is 41.4 Å². The van der Waals surface area contributed by atoms with E-state index in [2.05, 4.69) is 57.2 Å². The maximum Gasteiger partial charge on any atom is 0.258 e. The maximum absolute atomic E-state index is 13.4. The molecule has 0 aliphatic carbocycles. The molecule has 1 saturated heterocycles. The quantitative estimate of drug-likeness (QED) is 0.671. The van der Waals surface area contributed by atoms with Gasteiger partial charge >= 0.3 is 0 Å². The SMILES string of the molecule is CN(C)c1ccc(-c2ccc3n(c2=O)C[C@H]2C[C@@H]3CN(Cc3ccccn3)C2)cc1. The predicted molar refractivity (Wildman–Crippen MR) is 121 cm³/mol. The third-order valence-corrected chi connectivity index (χ3v) is 6.49. The van der Waals surface area contributed by atoms with Crippen molar-refractivity contribution in [1.29, 1.82) is 0 Å². The number of rotatable bonds is 4. The van der Waals surface area contributed by atoms with Gasteiger partial charge < -0.3 is 9.47 Å². The Kier molecular flexibility index (Phi) is 4.91. The second kappa shape index (κ2) is 7.73. The molecule has 2 atom stereocenters. The summed E-state index contributed by atoms with van der Waals surface area (Å²) in [5.74, 6) is 0.933. The van der Waals surface area contributed by atoms with Crippen LogP contribution in [0, 0.1) is 5.92 Å². The van der Waals surface area contributed by atoms with Crippen LogP contribution in [0.1, 0.15) is 23.7 Å². The zero-order chi connectivity index (χ0) is 20.7. The molecule has 3 aromatic rings. The van der Waals surface area contributed by atoms with Crippen LogP contribution >= 0.6 is 0 Å². The van der Waals surface area contributed by atoms with Gasteiger partial charge in [-0.05, 0) is 54.3 Å². The number of aromatic nitrogens is 2. The summed E-state index contributed by atoms with van der Waals surface area (Å²) in [5, 5.41) is 0. The number of pyridine rings is 2. The summed E-state index contributed by atoms with van der Waals surface area (Å²) >= 11 is 0. The molecule has 0 amide bonds. The van der Waals surface area contributed by atoms with Crippen molar-refractivity contribution in [2.75, 3.05) is 32.1 Å². The van der Waals surface area contributed by atoms with Gasteiger partial charge in [-0.1, -0.05) is 18.2 Å². The lowest BCUT2D eigenvalue weighted by molar-refractivity contribution is 0.113. The number of hydrogen-bond acceptors (Lipinski definition) is 4. The molecular formula is C25H28N4O.